The second-order valence-corrected chi connectivity index (χ2v) is 4.89. The van der Waals surface area contributed by atoms with Crippen molar-refractivity contribution in [2.45, 2.75) is 18.9 Å². The minimum Gasteiger partial charge on any atom is -0.328 e. The molecule has 4 heteroatoms. The monoisotopic (exact) mass is 234 g/mol. The molecule has 4 rings (SSSR count). The number of nitrogens with two attached hydrogens (primary N) is 1. The molecule has 0 radical (unpaired) electrons. The lowest BCUT2D eigenvalue weighted by Crippen LogP contribution is -2.62. The first-order valence-electron chi connectivity index (χ1n) is 6.00. The summed E-state index contributed by atoms with van der Waals surface area (Å²) in [6, 6.07) is 6.38. The fraction of sp³-hybridized carbons (Fsp3) is 0.462. The van der Waals surface area contributed by atoms with Crippen LogP contribution in [0, 0.1) is 17.7 Å². The van der Waals surface area contributed by atoms with E-state index in [9.17, 15) is 9.18 Å². The number of rotatable bonds is 2. The summed E-state index contributed by atoms with van der Waals surface area (Å²) in [4.78, 5) is 13.8. The van der Waals surface area contributed by atoms with E-state index in [1.54, 1.807) is 23.1 Å². The Morgan fingerprint density at radius 1 is 1.35 bits per heavy atom. The molecule has 1 saturated carbocycles. The van der Waals surface area contributed by atoms with Gasteiger partial charge in [0.1, 0.15) is 5.82 Å². The summed E-state index contributed by atoms with van der Waals surface area (Å²) in [7, 11) is 0. The number of hydrogen-bond acceptors (Lipinski definition) is 2. The minimum absolute atomic E-state index is 0.0352. The van der Waals surface area contributed by atoms with Gasteiger partial charge in [0.25, 0.3) is 0 Å². The Bertz CT molecular complexity index is 456. The molecule has 1 amide bonds. The van der Waals surface area contributed by atoms with Gasteiger partial charge in [-0.1, -0.05) is 12.1 Å². The van der Waals surface area contributed by atoms with Gasteiger partial charge in [0.15, 0.2) is 0 Å². The zero-order valence-electron chi connectivity index (χ0n) is 9.47. The van der Waals surface area contributed by atoms with Crippen molar-refractivity contribution in [3.8, 4) is 0 Å². The van der Waals surface area contributed by atoms with Crippen molar-refractivity contribution in [1.82, 2.24) is 0 Å². The Morgan fingerprint density at radius 3 is 2.71 bits per heavy atom. The van der Waals surface area contributed by atoms with Crippen LogP contribution >= 0.6 is 0 Å². The highest BCUT2D eigenvalue weighted by Gasteiger charge is 2.50. The number of fused-ring (bicyclic) bond motifs is 2. The first-order chi connectivity index (χ1) is 8.22. The summed E-state index contributed by atoms with van der Waals surface area (Å²) >= 11 is 0. The highest BCUT2D eigenvalue weighted by Crippen LogP contribution is 2.46. The van der Waals surface area contributed by atoms with E-state index >= 15 is 0 Å². The zero-order chi connectivity index (χ0) is 12.0. The standard InChI is InChI=1S/C13H15FN2O/c14-10-3-1-2-4-11(10)16-12(7-15)8-5-9(6-8)13(16)17/h1-4,8-9,12H,5-7,15H2. The average Bonchev–Trinajstić information content (AvgIpc) is 2.27. The smallest absolute Gasteiger partial charge is 0.230 e. The van der Waals surface area contributed by atoms with Gasteiger partial charge in [0.05, 0.1) is 11.7 Å². The molecule has 1 atom stereocenters. The molecule has 2 saturated heterocycles. The molecule has 0 spiro atoms. The van der Waals surface area contributed by atoms with Gasteiger partial charge >= 0.3 is 0 Å². The van der Waals surface area contributed by atoms with E-state index in [0.717, 1.165) is 12.8 Å². The maximum absolute atomic E-state index is 13.8. The summed E-state index contributed by atoms with van der Waals surface area (Å²) in [6.45, 7) is 0.400. The van der Waals surface area contributed by atoms with E-state index in [1.165, 1.54) is 6.07 Å². The van der Waals surface area contributed by atoms with Gasteiger partial charge < -0.3 is 10.6 Å². The Kier molecular flexibility index (Phi) is 2.40. The number of hydrogen-bond donors (Lipinski definition) is 1. The largest absolute Gasteiger partial charge is 0.328 e. The van der Waals surface area contributed by atoms with Gasteiger partial charge in [-0.15, -0.1) is 0 Å². The summed E-state index contributed by atoms with van der Waals surface area (Å²) in [5, 5.41) is 0. The van der Waals surface area contributed by atoms with Crippen LogP contribution in [-0.2, 0) is 4.79 Å². The first kappa shape index (κ1) is 10.7. The van der Waals surface area contributed by atoms with Crippen LogP contribution in [0.25, 0.3) is 0 Å². The quantitative estimate of drug-likeness (QED) is 0.843. The third-order valence-corrected chi connectivity index (χ3v) is 3.99. The van der Waals surface area contributed by atoms with Crippen molar-refractivity contribution in [3.63, 3.8) is 0 Å². The molecular weight excluding hydrogens is 219 g/mol. The van der Waals surface area contributed by atoms with E-state index in [1.807, 2.05) is 0 Å². The molecule has 0 aromatic heterocycles. The second kappa shape index (κ2) is 3.81. The molecule has 17 heavy (non-hydrogen) atoms. The normalized spacial score (nSPS) is 31.3. The Labute approximate surface area is 99.4 Å². The van der Waals surface area contributed by atoms with E-state index in [2.05, 4.69) is 0 Å². The van der Waals surface area contributed by atoms with Gasteiger partial charge in [0, 0.05) is 12.5 Å². The highest BCUT2D eigenvalue weighted by molar-refractivity contribution is 5.98. The summed E-state index contributed by atoms with van der Waals surface area (Å²) in [5.74, 6) is 0.221. The van der Waals surface area contributed by atoms with Crippen LogP contribution in [0.2, 0.25) is 0 Å². The van der Waals surface area contributed by atoms with Crippen molar-refractivity contribution in [3.05, 3.63) is 30.1 Å². The average molecular weight is 234 g/mol. The van der Waals surface area contributed by atoms with Crippen molar-refractivity contribution < 1.29 is 9.18 Å². The molecule has 2 bridgehead atoms. The van der Waals surface area contributed by atoms with Crippen molar-refractivity contribution >= 4 is 11.6 Å². The van der Waals surface area contributed by atoms with E-state index < -0.39 is 0 Å². The summed E-state index contributed by atoms with van der Waals surface area (Å²) in [6.07, 6.45) is 1.84. The minimum atomic E-state index is -0.347. The lowest BCUT2D eigenvalue weighted by molar-refractivity contribution is -0.132. The fourth-order valence-corrected chi connectivity index (χ4v) is 2.99. The van der Waals surface area contributed by atoms with Gasteiger partial charge in [-0.3, -0.25) is 4.79 Å². The molecule has 1 unspecified atom stereocenters. The van der Waals surface area contributed by atoms with Crippen LogP contribution in [0.3, 0.4) is 0 Å². The van der Waals surface area contributed by atoms with Crippen LogP contribution < -0.4 is 10.6 Å². The first-order valence-corrected chi connectivity index (χ1v) is 6.00. The SMILES string of the molecule is NCC1C2CC(C2)C(=O)N1c1ccccc1F. The number of nitrogens with zero attached hydrogens (tertiary/aromatic N) is 1. The van der Waals surface area contributed by atoms with Gasteiger partial charge in [0.2, 0.25) is 5.91 Å². The number of halogens is 1. The molecule has 90 valence electrons. The Hall–Kier alpha value is -1.42. The summed E-state index contributed by atoms with van der Waals surface area (Å²) in [5.41, 5.74) is 6.12. The van der Waals surface area contributed by atoms with Gasteiger partial charge in [-0.2, -0.15) is 0 Å². The Balaban J connectivity index is 2.00. The van der Waals surface area contributed by atoms with Crippen LogP contribution in [0.5, 0.6) is 0 Å². The molecule has 2 N–H and O–H groups in total. The topological polar surface area (TPSA) is 46.3 Å². The van der Waals surface area contributed by atoms with Crippen molar-refractivity contribution in [2.75, 3.05) is 11.4 Å². The van der Waals surface area contributed by atoms with Crippen LogP contribution in [0.15, 0.2) is 24.3 Å². The number of piperidine rings is 2. The molecular formula is C13H15FN2O. The molecule has 3 nitrogen and oxygen atoms in total. The highest BCUT2D eigenvalue weighted by atomic mass is 19.1. The summed E-state index contributed by atoms with van der Waals surface area (Å²) < 4.78 is 13.8. The van der Waals surface area contributed by atoms with Gasteiger partial charge in [-0.25, -0.2) is 4.39 Å². The van der Waals surface area contributed by atoms with Gasteiger partial charge in [-0.05, 0) is 30.9 Å². The maximum atomic E-state index is 13.8. The zero-order valence-corrected chi connectivity index (χ0v) is 9.47. The fourth-order valence-electron chi connectivity index (χ4n) is 2.99. The molecule has 1 aliphatic carbocycles. The molecule has 1 aromatic carbocycles. The number of para-hydroxylation sites is 1. The molecule has 3 aliphatic rings. The number of carbonyl (C=O) groups excluding carboxylic acids is 1. The molecule has 2 aliphatic heterocycles. The molecule has 1 aromatic rings. The van der Waals surface area contributed by atoms with Crippen molar-refractivity contribution in [2.24, 2.45) is 17.6 Å². The van der Waals surface area contributed by atoms with Crippen LogP contribution in [-0.4, -0.2) is 18.5 Å². The van der Waals surface area contributed by atoms with E-state index in [4.69, 9.17) is 5.73 Å². The van der Waals surface area contributed by atoms with E-state index in [0.29, 0.717) is 18.2 Å². The number of amides is 1. The Morgan fingerprint density at radius 2 is 2.06 bits per heavy atom. The van der Waals surface area contributed by atoms with Crippen LogP contribution in [0.1, 0.15) is 12.8 Å². The molecule has 2 heterocycles. The third-order valence-electron chi connectivity index (χ3n) is 3.99. The third kappa shape index (κ3) is 1.47. The predicted octanol–water partition coefficient (Wildman–Crippen LogP) is 1.53. The molecule has 3 fully saturated rings. The number of benzene rings is 1. The lowest BCUT2D eigenvalue weighted by Gasteiger charge is -2.51. The maximum Gasteiger partial charge on any atom is 0.230 e. The van der Waals surface area contributed by atoms with E-state index in [-0.39, 0.29) is 23.7 Å². The number of anilines is 1. The lowest BCUT2D eigenvalue weighted by atomic mass is 9.66. The predicted molar refractivity (Wildman–Crippen MR) is 62.9 cm³/mol. The second-order valence-electron chi connectivity index (χ2n) is 4.89. The number of carbonyl (C=O) groups is 1. The van der Waals surface area contributed by atoms with Crippen molar-refractivity contribution in [1.29, 1.82) is 0 Å². The van der Waals surface area contributed by atoms with Crippen LogP contribution in [0.4, 0.5) is 10.1 Å².